The van der Waals surface area contributed by atoms with E-state index in [2.05, 4.69) is 16.3 Å². The zero-order valence-electron chi connectivity index (χ0n) is 19.6. The molecule has 172 valence electrons. The fourth-order valence-corrected chi connectivity index (χ4v) is 4.32. The molecule has 2 aromatic carbocycles. The Kier molecular flexibility index (Phi) is 6.43. The third-order valence-corrected chi connectivity index (χ3v) is 6.03. The van der Waals surface area contributed by atoms with Crippen LogP contribution < -0.4 is 29.2 Å². The van der Waals surface area contributed by atoms with Gasteiger partial charge >= 0.3 is 0 Å². The highest BCUT2D eigenvalue weighted by atomic mass is 16.5. The summed E-state index contributed by atoms with van der Waals surface area (Å²) in [6.07, 6.45) is 0. The van der Waals surface area contributed by atoms with E-state index in [-0.39, 0.29) is 6.04 Å². The van der Waals surface area contributed by atoms with Gasteiger partial charge in [-0.3, -0.25) is 0 Å². The predicted octanol–water partition coefficient (Wildman–Crippen LogP) is 3.60. The topological polar surface area (TPSA) is 88.9 Å². The molecule has 0 radical (unpaired) electrons. The van der Waals surface area contributed by atoms with E-state index >= 15 is 0 Å². The van der Waals surface area contributed by atoms with Gasteiger partial charge in [0.05, 0.1) is 45.7 Å². The Morgan fingerprint density at radius 1 is 0.939 bits per heavy atom. The molecule has 3 aromatic rings. The first kappa shape index (κ1) is 22.5. The van der Waals surface area contributed by atoms with Gasteiger partial charge < -0.3 is 29.2 Å². The van der Waals surface area contributed by atoms with Crippen LogP contribution in [0.2, 0.25) is 0 Å². The van der Waals surface area contributed by atoms with Gasteiger partial charge in [0.2, 0.25) is 0 Å². The normalized spacial score (nSPS) is 15.8. The molecule has 0 aliphatic carbocycles. The van der Waals surface area contributed by atoms with E-state index in [0.717, 1.165) is 46.7 Å². The van der Waals surface area contributed by atoms with Crippen molar-refractivity contribution in [3.05, 3.63) is 47.2 Å². The number of anilines is 1. The first-order chi connectivity index (χ1) is 16.0. The lowest BCUT2D eigenvalue weighted by Crippen LogP contribution is -2.46. The number of hydrogen-bond donors (Lipinski definition) is 1. The summed E-state index contributed by atoms with van der Waals surface area (Å²) >= 11 is 0. The molecule has 1 aliphatic rings. The van der Waals surface area contributed by atoms with E-state index in [4.69, 9.17) is 23.9 Å². The van der Waals surface area contributed by atoms with Gasteiger partial charge in [0.15, 0.2) is 11.5 Å². The van der Waals surface area contributed by atoms with Gasteiger partial charge in [0.25, 0.3) is 0 Å². The maximum Gasteiger partial charge on any atom is 0.161 e. The fourth-order valence-electron chi connectivity index (χ4n) is 4.32. The van der Waals surface area contributed by atoms with Crippen molar-refractivity contribution in [3.63, 3.8) is 0 Å². The van der Waals surface area contributed by atoms with E-state index in [1.807, 2.05) is 37.3 Å². The summed E-state index contributed by atoms with van der Waals surface area (Å²) in [4.78, 5) is 7.10. The number of fused-ring (bicyclic) bond motifs is 1. The van der Waals surface area contributed by atoms with E-state index in [1.54, 1.807) is 28.4 Å². The minimum atomic E-state index is 0.0516. The second-order valence-electron chi connectivity index (χ2n) is 7.86. The first-order valence-corrected chi connectivity index (χ1v) is 10.7. The van der Waals surface area contributed by atoms with E-state index in [0.29, 0.717) is 29.3 Å². The van der Waals surface area contributed by atoms with Crippen LogP contribution in [0.5, 0.6) is 23.0 Å². The molecule has 1 aliphatic heterocycles. The van der Waals surface area contributed by atoms with Gasteiger partial charge in [0.1, 0.15) is 23.4 Å². The van der Waals surface area contributed by atoms with Gasteiger partial charge in [-0.2, -0.15) is 5.26 Å². The second-order valence-corrected chi connectivity index (χ2v) is 7.86. The molecule has 1 saturated heterocycles. The van der Waals surface area contributed by atoms with Crippen LogP contribution in [0.25, 0.3) is 10.8 Å². The summed E-state index contributed by atoms with van der Waals surface area (Å²) in [7, 11) is 6.49. The van der Waals surface area contributed by atoms with Crippen molar-refractivity contribution in [1.29, 1.82) is 5.26 Å². The van der Waals surface area contributed by atoms with Crippen molar-refractivity contribution in [3.8, 4) is 29.1 Å². The molecule has 1 N–H and O–H groups in total. The molecule has 8 nitrogen and oxygen atoms in total. The molecule has 0 bridgehead atoms. The number of piperazine rings is 1. The third kappa shape index (κ3) is 4.20. The quantitative estimate of drug-likeness (QED) is 0.612. The van der Waals surface area contributed by atoms with Crippen molar-refractivity contribution < 1.29 is 18.9 Å². The van der Waals surface area contributed by atoms with E-state index < -0.39 is 0 Å². The van der Waals surface area contributed by atoms with E-state index in [1.165, 1.54) is 0 Å². The zero-order chi connectivity index (χ0) is 23.5. The number of aromatic nitrogens is 1. The molecule has 8 heteroatoms. The lowest BCUT2D eigenvalue weighted by molar-refractivity contribution is 0.356. The highest BCUT2D eigenvalue weighted by Gasteiger charge is 2.26. The summed E-state index contributed by atoms with van der Waals surface area (Å²) in [6, 6.07) is 12.0. The van der Waals surface area contributed by atoms with Crippen molar-refractivity contribution in [2.45, 2.75) is 13.0 Å². The number of nitrogens with zero attached hydrogens (tertiary/aromatic N) is 3. The molecule has 0 spiro atoms. The van der Waals surface area contributed by atoms with Gasteiger partial charge in [0, 0.05) is 36.5 Å². The smallest absolute Gasteiger partial charge is 0.161 e. The largest absolute Gasteiger partial charge is 0.497 e. The number of hydrogen-bond acceptors (Lipinski definition) is 8. The predicted molar refractivity (Wildman–Crippen MR) is 127 cm³/mol. The molecule has 0 saturated carbocycles. The molecule has 1 atom stereocenters. The lowest BCUT2D eigenvalue weighted by atomic mass is 10.0. The van der Waals surface area contributed by atoms with Crippen molar-refractivity contribution >= 4 is 16.6 Å². The standard InChI is InChI=1S/C25H28N4O4/c1-15-21(13-26)19-11-23(32-4)24(33-5)12-20(19)25(28-15)29-7-6-27-22(14-29)16-8-17(30-2)10-18(9-16)31-3/h8-12,22,27H,6-7,14H2,1-5H3. The Morgan fingerprint density at radius 3 is 2.15 bits per heavy atom. The van der Waals surface area contributed by atoms with Crippen molar-refractivity contribution in [1.82, 2.24) is 10.3 Å². The lowest BCUT2D eigenvalue weighted by Gasteiger charge is -2.36. The number of methoxy groups -OCH3 is 4. The maximum atomic E-state index is 9.79. The Labute approximate surface area is 193 Å². The molecule has 2 heterocycles. The summed E-state index contributed by atoms with van der Waals surface area (Å²) in [5.74, 6) is 3.50. The third-order valence-electron chi connectivity index (χ3n) is 6.03. The monoisotopic (exact) mass is 448 g/mol. The fraction of sp³-hybridized carbons (Fsp3) is 0.360. The summed E-state index contributed by atoms with van der Waals surface area (Å²) in [6.45, 7) is 4.11. The van der Waals surface area contributed by atoms with Crippen LogP contribution in [0.15, 0.2) is 30.3 Å². The zero-order valence-corrected chi connectivity index (χ0v) is 19.6. The number of aryl methyl sites for hydroxylation is 1. The minimum Gasteiger partial charge on any atom is -0.497 e. The Morgan fingerprint density at radius 2 is 1.58 bits per heavy atom. The molecule has 1 aromatic heterocycles. The molecular formula is C25H28N4O4. The Bertz CT molecular complexity index is 1200. The number of rotatable bonds is 6. The Balaban J connectivity index is 1.80. The van der Waals surface area contributed by atoms with Gasteiger partial charge in [-0.1, -0.05) is 0 Å². The summed E-state index contributed by atoms with van der Waals surface area (Å²) < 4.78 is 21.9. The highest BCUT2D eigenvalue weighted by molar-refractivity contribution is 5.98. The molecule has 1 fully saturated rings. The maximum absolute atomic E-state index is 9.79. The molecule has 0 amide bonds. The van der Waals surface area contributed by atoms with Crippen molar-refractivity contribution in [2.75, 3.05) is 53.0 Å². The summed E-state index contributed by atoms with van der Waals surface area (Å²) in [5, 5.41) is 15.0. The van der Waals surface area contributed by atoms with Crippen LogP contribution in [0, 0.1) is 18.3 Å². The second kappa shape index (κ2) is 9.43. The van der Waals surface area contributed by atoms with Crippen molar-refractivity contribution in [2.24, 2.45) is 0 Å². The average molecular weight is 449 g/mol. The molecular weight excluding hydrogens is 420 g/mol. The van der Waals surface area contributed by atoms with Gasteiger partial charge in [-0.25, -0.2) is 4.98 Å². The van der Waals surface area contributed by atoms with Crippen LogP contribution in [-0.2, 0) is 0 Å². The van der Waals surface area contributed by atoms with Gasteiger partial charge in [-0.15, -0.1) is 0 Å². The number of ether oxygens (including phenoxy) is 4. The SMILES string of the molecule is COc1cc(OC)cc(C2CN(c3nc(C)c(C#N)c4cc(OC)c(OC)cc34)CCN2)c1. The average Bonchev–Trinajstić information content (AvgIpc) is 2.87. The van der Waals surface area contributed by atoms with Crippen LogP contribution in [0.1, 0.15) is 22.9 Å². The van der Waals surface area contributed by atoms with E-state index in [9.17, 15) is 5.26 Å². The van der Waals surface area contributed by atoms with Crippen LogP contribution in [0.4, 0.5) is 5.82 Å². The first-order valence-electron chi connectivity index (χ1n) is 10.7. The van der Waals surface area contributed by atoms with Crippen LogP contribution >= 0.6 is 0 Å². The number of nitrogens with one attached hydrogen (secondary N) is 1. The molecule has 4 rings (SSSR count). The number of pyridine rings is 1. The van der Waals surface area contributed by atoms with Crippen LogP contribution in [0.3, 0.4) is 0 Å². The Hall–Kier alpha value is -3.70. The minimum absolute atomic E-state index is 0.0516. The van der Waals surface area contributed by atoms with Gasteiger partial charge in [-0.05, 0) is 36.8 Å². The summed E-state index contributed by atoms with van der Waals surface area (Å²) in [5.41, 5.74) is 2.30. The molecule has 33 heavy (non-hydrogen) atoms. The van der Waals surface area contributed by atoms with Crippen LogP contribution in [-0.4, -0.2) is 53.1 Å². The number of nitriles is 1. The molecule has 1 unspecified atom stereocenters. The number of benzene rings is 2. The highest BCUT2D eigenvalue weighted by Crippen LogP contribution is 2.39.